The van der Waals surface area contributed by atoms with Gasteiger partial charge in [0.2, 0.25) is 5.91 Å². The first-order chi connectivity index (χ1) is 18.2. The van der Waals surface area contributed by atoms with E-state index in [0.29, 0.717) is 52.8 Å². The van der Waals surface area contributed by atoms with Gasteiger partial charge in [0.25, 0.3) is 5.92 Å². The van der Waals surface area contributed by atoms with E-state index in [2.05, 4.69) is 0 Å². The molecule has 0 atom stereocenters. The topological polar surface area (TPSA) is 106 Å². The van der Waals surface area contributed by atoms with Crippen LogP contribution in [0.5, 0.6) is 17.2 Å². The van der Waals surface area contributed by atoms with Crippen molar-refractivity contribution in [2.75, 3.05) is 38.8 Å². The number of carbonyl (C=O) groups is 1. The third kappa shape index (κ3) is 5.88. The smallest absolute Gasteiger partial charge is 0.251 e. The number of halogens is 2. The molecule has 1 amide bonds. The third-order valence-electron chi connectivity index (χ3n) is 6.60. The lowest BCUT2D eigenvalue weighted by molar-refractivity contribution is -0.129. The lowest BCUT2D eigenvalue weighted by Crippen LogP contribution is -2.40. The molecule has 1 aliphatic heterocycles. The van der Waals surface area contributed by atoms with Gasteiger partial charge in [-0.2, -0.15) is 0 Å². The molecule has 0 unspecified atom stereocenters. The Morgan fingerprint density at radius 1 is 1.08 bits per heavy atom. The van der Waals surface area contributed by atoms with Crippen molar-refractivity contribution in [1.82, 2.24) is 15.4 Å². The normalized spacial score (nSPS) is 14.9. The number of rotatable bonds is 9. The van der Waals surface area contributed by atoms with Crippen molar-refractivity contribution in [3.05, 3.63) is 35.4 Å². The highest BCUT2D eigenvalue weighted by Gasteiger charge is 2.35. The molecule has 0 radical (unpaired) electrons. The van der Waals surface area contributed by atoms with E-state index in [1.54, 1.807) is 24.7 Å². The van der Waals surface area contributed by atoms with Crippen LogP contribution < -0.4 is 24.6 Å². The van der Waals surface area contributed by atoms with Crippen molar-refractivity contribution < 1.29 is 33.0 Å². The monoisotopic (exact) mass is 530 g/mol. The van der Waals surface area contributed by atoms with Gasteiger partial charge in [-0.3, -0.25) is 10.0 Å². The molecule has 2 N–H and O–H groups in total. The van der Waals surface area contributed by atoms with Crippen molar-refractivity contribution in [2.45, 2.75) is 45.5 Å². The quantitative estimate of drug-likeness (QED) is 0.230. The molecular weight excluding hydrogens is 498 g/mol. The number of nitrogens with one attached hydrogen (secondary N) is 1. The van der Waals surface area contributed by atoms with Crippen molar-refractivity contribution in [3.8, 4) is 28.6 Å². The van der Waals surface area contributed by atoms with Crippen LogP contribution in [0.25, 0.3) is 22.3 Å². The minimum absolute atomic E-state index is 0.149. The number of benzene rings is 2. The second kappa shape index (κ2) is 11.3. The van der Waals surface area contributed by atoms with Gasteiger partial charge in [0.15, 0.2) is 5.82 Å². The Kier molecular flexibility index (Phi) is 8.15. The molecule has 0 bridgehead atoms. The van der Waals surface area contributed by atoms with Crippen LogP contribution in [-0.2, 0) is 4.79 Å². The summed E-state index contributed by atoms with van der Waals surface area (Å²) in [7, 11) is 3.09. The Labute approximate surface area is 219 Å². The van der Waals surface area contributed by atoms with Gasteiger partial charge in [0.1, 0.15) is 23.1 Å². The number of aryl methyl sites for hydroxylation is 2. The van der Waals surface area contributed by atoms with Crippen LogP contribution in [-0.4, -0.2) is 60.9 Å². The molecule has 3 aromatic rings. The Balaban J connectivity index is 1.74. The standard InChI is InChI=1S/C27H32F2N4O5/c1-16-12-18(13-17(2)24(16)38-11-5-6-22(34)32-35)25-30-20-14-19(36-3)15-21(37-4)23(20)26(31-25)33-9-7-27(28,29)8-10-33/h12-15,35H,5-11H2,1-4H3,(H,32,34). The van der Waals surface area contributed by atoms with Crippen LogP contribution in [0.3, 0.4) is 0 Å². The number of methoxy groups -OCH3 is 2. The number of nitrogens with zero attached hydrogens (tertiary/aromatic N) is 3. The second-order valence-corrected chi connectivity index (χ2v) is 9.36. The van der Waals surface area contributed by atoms with Gasteiger partial charge < -0.3 is 19.1 Å². The molecule has 1 saturated heterocycles. The van der Waals surface area contributed by atoms with Crippen LogP contribution >= 0.6 is 0 Å². The largest absolute Gasteiger partial charge is 0.497 e. The van der Waals surface area contributed by atoms with Gasteiger partial charge in [0, 0.05) is 50.0 Å². The fourth-order valence-electron chi connectivity index (χ4n) is 4.64. The summed E-state index contributed by atoms with van der Waals surface area (Å²) in [5.41, 5.74) is 4.65. The van der Waals surface area contributed by atoms with Crippen LogP contribution in [0.15, 0.2) is 24.3 Å². The molecule has 0 aliphatic carbocycles. The maximum atomic E-state index is 13.9. The predicted molar refractivity (Wildman–Crippen MR) is 139 cm³/mol. The van der Waals surface area contributed by atoms with E-state index in [1.807, 2.05) is 30.9 Å². The summed E-state index contributed by atoms with van der Waals surface area (Å²) in [6.07, 6.45) is 0.0888. The predicted octanol–water partition coefficient (Wildman–Crippen LogP) is 4.83. The van der Waals surface area contributed by atoms with Gasteiger partial charge in [0.05, 0.1) is 31.7 Å². The van der Waals surface area contributed by atoms with Crippen molar-refractivity contribution in [3.63, 3.8) is 0 Å². The van der Waals surface area contributed by atoms with Crippen molar-refractivity contribution in [1.29, 1.82) is 0 Å². The molecule has 204 valence electrons. The van der Waals surface area contributed by atoms with E-state index >= 15 is 0 Å². The molecule has 38 heavy (non-hydrogen) atoms. The van der Waals surface area contributed by atoms with Gasteiger partial charge in [-0.1, -0.05) is 0 Å². The fraction of sp³-hybridized carbons (Fsp3) is 0.444. The highest BCUT2D eigenvalue weighted by Crippen LogP contribution is 2.40. The summed E-state index contributed by atoms with van der Waals surface area (Å²) >= 11 is 0. The Bertz CT molecular complexity index is 1300. The number of hydrogen-bond acceptors (Lipinski definition) is 8. The maximum absolute atomic E-state index is 13.9. The van der Waals surface area contributed by atoms with Gasteiger partial charge in [-0.05, 0) is 43.5 Å². The van der Waals surface area contributed by atoms with Crippen molar-refractivity contribution in [2.24, 2.45) is 0 Å². The number of alkyl halides is 2. The summed E-state index contributed by atoms with van der Waals surface area (Å²) < 4.78 is 44.9. The van der Waals surface area contributed by atoms with Crippen LogP contribution in [0.4, 0.5) is 14.6 Å². The van der Waals surface area contributed by atoms with E-state index in [0.717, 1.165) is 16.7 Å². The lowest BCUT2D eigenvalue weighted by Gasteiger charge is -2.33. The van der Waals surface area contributed by atoms with Gasteiger partial charge in [-0.25, -0.2) is 24.2 Å². The number of piperidine rings is 1. The minimum atomic E-state index is -2.69. The number of fused-ring (bicyclic) bond motifs is 1. The summed E-state index contributed by atoms with van der Waals surface area (Å²) in [6, 6.07) is 7.34. The third-order valence-corrected chi connectivity index (χ3v) is 6.60. The molecule has 1 aliphatic rings. The van der Waals surface area contributed by atoms with E-state index in [9.17, 15) is 13.6 Å². The molecule has 2 heterocycles. The van der Waals surface area contributed by atoms with E-state index in [1.165, 1.54) is 7.11 Å². The van der Waals surface area contributed by atoms with E-state index in [-0.39, 0.29) is 32.4 Å². The lowest BCUT2D eigenvalue weighted by atomic mass is 10.0. The zero-order chi connectivity index (χ0) is 27.4. The zero-order valence-electron chi connectivity index (χ0n) is 21.9. The van der Waals surface area contributed by atoms with E-state index < -0.39 is 11.8 Å². The van der Waals surface area contributed by atoms with Crippen LogP contribution in [0, 0.1) is 13.8 Å². The summed E-state index contributed by atoms with van der Waals surface area (Å²) in [4.78, 5) is 22.8. The fourth-order valence-corrected chi connectivity index (χ4v) is 4.64. The Morgan fingerprint density at radius 2 is 1.76 bits per heavy atom. The number of aromatic nitrogens is 2. The second-order valence-electron chi connectivity index (χ2n) is 9.36. The van der Waals surface area contributed by atoms with Crippen molar-refractivity contribution >= 4 is 22.6 Å². The first-order valence-electron chi connectivity index (χ1n) is 12.4. The average Bonchev–Trinajstić information content (AvgIpc) is 2.90. The molecule has 9 nitrogen and oxygen atoms in total. The average molecular weight is 531 g/mol. The minimum Gasteiger partial charge on any atom is -0.497 e. The van der Waals surface area contributed by atoms with Gasteiger partial charge in [-0.15, -0.1) is 0 Å². The molecule has 2 aromatic carbocycles. The number of amides is 1. The number of hydroxylamine groups is 1. The Hall–Kier alpha value is -3.73. The summed E-state index contributed by atoms with van der Waals surface area (Å²) in [5, 5.41) is 9.27. The molecule has 0 saturated carbocycles. The number of anilines is 1. The molecule has 11 heteroatoms. The maximum Gasteiger partial charge on any atom is 0.251 e. The zero-order valence-corrected chi connectivity index (χ0v) is 21.9. The molecule has 4 rings (SSSR count). The summed E-state index contributed by atoms with van der Waals surface area (Å²) in [5.74, 6) is -0.421. The number of carbonyl (C=O) groups excluding carboxylic acids is 1. The molecule has 1 aromatic heterocycles. The molecule has 0 spiro atoms. The van der Waals surface area contributed by atoms with Gasteiger partial charge >= 0.3 is 0 Å². The van der Waals surface area contributed by atoms with E-state index in [4.69, 9.17) is 29.4 Å². The molecule has 1 fully saturated rings. The highest BCUT2D eigenvalue weighted by atomic mass is 19.3. The first kappa shape index (κ1) is 27.3. The number of ether oxygens (including phenoxy) is 3. The number of hydrogen-bond donors (Lipinski definition) is 2. The van der Waals surface area contributed by atoms with Crippen LogP contribution in [0.1, 0.15) is 36.8 Å². The summed E-state index contributed by atoms with van der Waals surface area (Å²) in [6.45, 7) is 4.45. The molecular formula is C27H32F2N4O5. The Morgan fingerprint density at radius 3 is 2.37 bits per heavy atom. The SMILES string of the molecule is COc1cc(OC)c2c(N3CCC(F)(F)CC3)nc(-c3cc(C)c(OCCCC(=O)NO)c(C)c3)nc2c1. The first-order valence-corrected chi connectivity index (χ1v) is 12.4. The highest BCUT2D eigenvalue weighted by molar-refractivity contribution is 5.97. The van der Waals surface area contributed by atoms with Crippen LogP contribution in [0.2, 0.25) is 0 Å².